The highest BCUT2D eigenvalue weighted by Crippen LogP contribution is 2.38. The van der Waals surface area contributed by atoms with E-state index in [1.165, 1.54) is 5.56 Å². The number of fused-ring (bicyclic) bond motifs is 1. The molecule has 2 aromatic carbocycles. The van der Waals surface area contributed by atoms with Crippen molar-refractivity contribution in [3.63, 3.8) is 0 Å². The van der Waals surface area contributed by atoms with Gasteiger partial charge < -0.3 is 15.2 Å². The molecule has 2 N–H and O–H groups in total. The van der Waals surface area contributed by atoms with Crippen LogP contribution in [0, 0.1) is 0 Å². The molecule has 0 aliphatic carbocycles. The van der Waals surface area contributed by atoms with Crippen LogP contribution in [-0.4, -0.2) is 19.8 Å². The van der Waals surface area contributed by atoms with E-state index in [1.807, 2.05) is 24.3 Å². The first-order valence-corrected chi connectivity index (χ1v) is 6.45. The van der Waals surface area contributed by atoms with Crippen molar-refractivity contribution in [3.05, 3.63) is 48.0 Å². The second kappa shape index (κ2) is 4.94. The summed E-state index contributed by atoms with van der Waals surface area (Å²) in [5, 5.41) is 0. The van der Waals surface area contributed by atoms with Gasteiger partial charge in [0.1, 0.15) is 17.6 Å². The van der Waals surface area contributed by atoms with Crippen LogP contribution in [0.15, 0.2) is 42.5 Å². The highest BCUT2D eigenvalue weighted by atomic mass is 16.5. The van der Waals surface area contributed by atoms with Gasteiger partial charge in [0, 0.05) is 18.5 Å². The zero-order valence-electron chi connectivity index (χ0n) is 10.9. The largest absolute Gasteiger partial charge is 0.497 e. The zero-order valence-corrected chi connectivity index (χ0v) is 10.9. The molecule has 19 heavy (non-hydrogen) atoms. The fourth-order valence-corrected chi connectivity index (χ4v) is 2.47. The first kappa shape index (κ1) is 12.1. The van der Waals surface area contributed by atoms with Crippen LogP contribution in [0.5, 0.6) is 11.5 Å². The third-order valence-corrected chi connectivity index (χ3v) is 3.49. The quantitative estimate of drug-likeness (QED) is 0.917. The average molecular weight is 255 g/mol. The lowest BCUT2D eigenvalue weighted by atomic mass is 10.0. The Bertz CT molecular complexity index is 578. The Morgan fingerprint density at radius 3 is 2.68 bits per heavy atom. The molecule has 0 fully saturated rings. The summed E-state index contributed by atoms with van der Waals surface area (Å²) in [7, 11) is 1.67. The van der Waals surface area contributed by atoms with Gasteiger partial charge in [-0.25, -0.2) is 0 Å². The van der Waals surface area contributed by atoms with E-state index in [1.54, 1.807) is 7.11 Å². The third-order valence-electron chi connectivity index (χ3n) is 3.49. The molecule has 0 amide bonds. The number of benzene rings is 2. The zero-order chi connectivity index (χ0) is 13.2. The molecule has 1 unspecified atom stereocenters. The van der Waals surface area contributed by atoms with Crippen molar-refractivity contribution in [1.29, 1.82) is 0 Å². The SMILES string of the molecule is COc1ccc(-c2cccc3c2OC(CN)C3)cc1. The lowest BCUT2D eigenvalue weighted by molar-refractivity contribution is 0.242. The molecule has 3 rings (SSSR count). The summed E-state index contributed by atoms with van der Waals surface area (Å²) in [6, 6.07) is 14.3. The second-order valence-electron chi connectivity index (χ2n) is 4.70. The van der Waals surface area contributed by atoms with Gasteiger partial charge in [-0.2, -0.15) is 0 Å². The van der Waals surface area contributed by atoms with Gasteiger partial charge in [-0.1, -0.05) is 30.3 Å². The molecule has 2 aromatic rings. The smallest absolute Gasteiger partial charge is 0.130 e. The van der Waals surface area contributed by atoms with E-state index >= 15 is 0 Å². The summed E-state index contributed by atoms with van der Waals surface area (Å²) >= 11 is 0. The van der Waals surface area contributed by atoms with E-state index in [4.69, 9.17) is 15.2 Å². The van der Waals surface area contributed by atoms with Gasteiger partial charge in [0.25, 0.3) is 0 Å². The fraction of sp³-hybridized carbons (Fsp3) is 0.250. The van der Waals surface area contributed by atoms with Crippen LogP contribution >= 0.6 is 0 Å². The minimum absolute atomic E-state index is 0.106. The maximum Gasteiger partial charge on any atom is 0.130 e. The number of hydrogen-bond acceptors (Lipinski definition) is 3. The van der Waals surface area contributed by atoms with Gasteiger partial charge in [-0.15, -0.1) is 0 Å². The molecule has 1 aliphatic heterocycles. The normalized spacial score (nSPS) is 16.8. The monoisotopic (exact) mass is 255 g/mol. The minimum atomic E-state index is 0.106. The summed E-state index contributed by atoms with van der Waals surface area (Å²) in [6.07, 6.45) is 1.00. The molecular weight excluding hydrogens is 238 g/mol. The third kappa shape index (κ3) is 2.17. The fourth-order valence-electron chi connectivity index (χ4n) is 2.47. The number of methoxy groups -OCH3 is 1. The Kier molecular flexibility index (Phi) is 3.13. The van der Waals surface area contributed by atoms with E-state index in [2.05, 4.69) is 18.2 Å². The highest BCUT2D eigenvalue weighted by Gasteiger charge is 2.24. The van der Waals surface area contributed by atoms with Crippen LogP contribution in [-0.2, 0) is 6.42 Å². The second-order valence-corrected chi connectivity index (χ2v) is 4.70. The molecule has 1 aliphatic rings. The Morgan fingerprint density at radius 1 is 1.21 bits per heavy atom. The topological polar surface area (TPSA) is 44.5 Å². The van der Waals surface area contributed by atoms with Gasteiger partial charge in [0.15, 0.2) is 0 Å². The lowest BCUT2D eigenvalue weighted by Gasteiger charge is -2.11. The molecule has 3 nitrogen and oxygen atoms in total. The van der Waals surface area contributed by atoms with Crippen LogP contribution in [0.2, 0.25) is 0 Å². The molecule has 0 bridgehead atoms. The van der Waals surface area contributed by atoms with Crippen LogP contribution in [0.3, 0.4) is 0 Å². The first-order chi connectivity index (χ1) is 9.31. The van der Waals surface area contributed by atoms with E-state index in [0.29, 0.717) is 6.54 Å². The summed E-state index contributed by atoms with van der Waals surface area (Å²) in [5.74, 6) is 1.83. The predicted octanol–water partition coefficient (Wildman–Crippen LogP) is 2.62. The molecule has 0 radical (unpaired) electrons. The van der Waals surface area contributed by atoms with Crippen molar-refractivity contribution in [3.8, 4) is 22.6 Å². The van der Waals surface area contributed by atoms with Crippen molar-refractivity contribution < 1.29 is 9.47 Å². The Morgan fingerprint density at radius 2 is 2.00 bits per heavy atom. The molecule has 3 heteroatoms. The highest BCUT2D eigenvalue weighted by molar-refractivity contribution is 5.73. The molecule has 98 valence electrons. The Labute approximate surface area is 113 Å². The van der Waals surface area contributed by atoms with Gasteiger partial charge in [0.2, 0.25) is 0 Å². The van der Waals surface area contributed by atoms with Crippen molar-refractivity contribution in [2.45, 2.75) is 12.5 Å². The van der Waals surface area contributed by atoms with Crippen molar-refractivity contribution >= 4 is 0 Å². The maximum atomic E-state index is 5.94. The number of nitrogens with two attached hydrogens (primary N) is 1. The van der Waals surface area contributed by atoms with Gasteiger partial charge in [-0.05, 0) is 23.3 Å². The van der Waals surface area contributed by atoms with Crippen LogP contribution in [0.25, 0.3) is 11.1 Å². The van der Waals surface area contributed by atoms with E-state index < -0.39 is 0 Å². The Balaban J connectivity index is 2.00. The van der Waals surface area contributed by atoms with Gasteiger partial charge in [0.05, 0.1) is 7.11 Å². The molecule has 0 saturated heterocycles. The predicted molar refractivity (Wildman–Crippen MR) is 75.6 cm³/mol. The molecule has 0 saturated carbocycles. The number of para-hydroxylation sites is 1. The maximum absolute atomic E-state index is 5.94. The van der Waals surface area contributed by atoms with Crippen molar-refractivity contribution in [1.82, 2.24) is 0 Å². The van der Waals surface area contributed by atoms with Crippen molar-refractivity contribution in [2.24, 2.45) is 5.73 Å². The van der Waals surface area contributed by atoms with E-state index in [-0.39, 0.29) is 6.10 Å². The summed E-state index contributed by atoms with van der Waals surface area (Å²) in [6.45, 7) is 0.552. The summed E-state index contributed by atoms with van der Waals surface area (Å²) < 4.78 is 11.1. The van der Waals surface area contributed by atoms with Gasteiger partial charge >= 0.3 is 0 Å². The minimum Gasteiger partial charge on any atom is -0.497 e. The van der Waals surface area contributed by atoms with E-state index in [0.717, 1.165) is 29.0 Å². The van der Waals surface area contributed by atoms with Gasteiger partial charge in [-0.3, -0.25) is 0 Å². The summed E-state index contributed by atoms with van der Waals surface area (Å²) in [4.78, 5) is 0. The van der Waals surface area contributed by atoms with Crippen LogP contribution < -0.4 is 15.2 Å². The molecular formula is C16H17NO2. The first-order valence-electron chi connectivity index (χ1n) is 6.45. The summed E-state index contributed by atoms with van der Waals surface area (Å²) in [5.41, 5.74) is 9.19. The molecule has 1 atom stereocenters. The molecule has 1 heterocycles. The molecule has 0 aromatic heterocycles. The standard InChI is InChI=1S/C16H17NO2/c1-18-13-7-5-11(6-8-13)15-4-2-3-12-9-14(10-17)19-16(12)15/h2-8,14H,9-10,17H2,1H3. The molecule has 0 spiro atoms. The lowest BCUT2D eigenvalue weighted by Crippen LogP contribution is -2.24. The van der Waals surface area contributed by atoms with E-state index in [9.17, 15) is 0 Å². The van der Waals surface area contributed by atoms with Crippen molar-refractivity contribution in [2.75, 3.05) is 13.7 Å². The average Bonchev–Trinajstić information content (AvgIpc) is 2.90. The number of hydrogen-bond donors (Lipinski definition) is 1. The number of ether oxygens (including phenoxy) is 2. The Hall–Kier alpha value is -2.00. The van der Waals surface area contributed by atoms with Crippen LogP contribution in [0.4, 0.5) is 0 Å². The van der Waals surface area contributed by atoms with Crippen LogP contribution in [0.1, 0.15) is 5.56 Å². The number of rotatable bonds is 3.